The van der Waals surface area contributed by atoms with Crippen LogP contribution >= 0.6 is 0 Å². The Bertz CT molecular complexity index is 1130. The molecule has 1 heterocycles. The van der Waals surface area contributed by atoms with Gasteiger partial charge in [-0.1, -0.05) is 25.1 Å². The number of benzene rings is 2. The Morgan fingerprint density at radius 2 is 1.76 bits per heavy atom. The molecule has 1 atom stereocenters. The van der Waals surface area contributed by atoms with E-state index in [-0.39, 0.29) is 17.1 Å². The lowest BCUT2D eigenvalue weighted by molar-refractivity contribution is -0.119. The molecular formula is C31H43N3O3. The normalized spacial score (nSPS) is 16.3. The molecule has 3 rings (SSSR count). The minimum Gasteiger partial charge on any atom is -0.385 e. The molecule has 1 aliphatic rings. The molecular weight excluding hydrogens is 462 g/mol. The molecule has 37 heavy (non-hydrogen) atoms. The van der Waals surface area contributed by atoms with Crippen molar-refractivity contribution in [2.45, 2.75) is 77.4 Å². The van der Waals surface area contributed by atoms with Gasteiger partial charge < -0.3 is 19.7 Å². The van der Waals surface area contributed by atoms with Crippen LogP contribution in [0.25, 0.3) is 16.8 Å². The number of methoxy groups -OCH3 is 1. The largest absolute Gasteiger partial charge is 0.385 e. The molecule has 0 bridgehead atoms. The molecule has 6 heteroatoms. The number of fused-ring (bicyclic) bond motifs is 1. The van der Waals surface area contributed by atoms with E-state index in [1.807, 2.05) is 26.0 Å². The minimum absolute atomic E-state index is 0.0942. The molecule has 1 amide bonds. The van der Waals surface area contributed by atoms with Crippen molar-refractivity contribution in [1.82, 2.24) is 5.32 Å². The maximum Gasteiger partial charge on any atom is 0.262 e. The summed E-state index contributed by atoms with van der Waals surface area (Å²) in [5.74, 6) is -0.370. The van der Waals surface area contributed by atoms with Crippen molar-refractivity contribution in [2.24, 2.45) is 0 Å². The zero-order valence-electron chi connectivity index (χ0n) is 23.2. The van der Waals surface area contributed by atoms with Crippen LogP contribution in [-0.2, 0) is 14.3 Å². The molecule has 6 nitrogen and oxygen atoms in total. The van der Waals surface area contributed by atoms with Crippen LogP contribution < -0.4 is 10.2 Å². The van der Waals surface area contributed by atoms with Gasteiger partial charge in [-0.2, -0.15) is 5.26 Å². The molecule has 1 fully saturated rings. The standard InChI is InChI=1S/C31H43N3O3/c1-6-31(4,15-18-36-5)37-19-14-30(2,3)33-29(35)27(23-32)21-24-10-11-26-22-28(13-12-25(26)20-24)34-16-8-7-9-17-34/h10-13,20-22H,6-9,14-19H2,1-5H3,(H,33,35). The number of hydrogen-bond donors (Lipinski definition) is 1. The predicted molar refractivity (Wildman–Crippen MR) is 152 cm³/mol. The first-order valence-corrected chi connectivity index (χ1v) is 13.5. The van der Waals surface area contributed by atoms with E-state index in [1.165, 1.54) is 24.9 Å². The number of carbonyl (C=O) groups is 1. The van der Waals surface area contributed by atoms with E-state index in [9.17, 15) is 10.1 Å². The summed E-state index contributed by atoms with van der Waals surface area (Å²) in [6.07, 6.45) is 7.81. The second-order valence-corrected chi connectivity index (χ2v) is 11.0. The number of rotatable bonds is 12. The summed E-state index contributed by atoms with van der Waals surface area (Å²) in [5, 5.41) is 15.0. The summed E-state index contributed by atoms with van der Waals surface area (Å²) in [6, 6.07) is 14.7. The third kappa shape index (κ3) is 8.31. The number of piperidine rings is 1. The van der Waals surface area contributed by atoms with Gasteiger partial charge in [-0.15, -0.1) is 0 Å². The minimum atomic E-state index is -0.517. The highest BCUT2D eigenvalue weighted by Crippen LogP contribution is 2.26. The van der Waals surface area contributed by atoms with Crippen molar-refractivity contribution in [1.29, 1.82) is 5.26 Å². The zero-order valence-corrected chi connectivity index (χ0v) is 23.2. The molecule has 2 aromatic rings. The number of anilines is 1. The molecule has 2 aromatic carbocycles. The topological polar surface area (TPSA) is 74.6 Å². The van der Waals surface area contributed by atoms with E-state index in [0.717, 1.165) is 42.3 Å². The van der Waals surface area contributed by atoms with Gasteiger partial charge in [-0.05, 0) is 99.9 Å². The van der Waals surface area contributed by atoms with Crippen molar-refractivity contribution in [3.8, 4) is 6.07 Å². The number of nitrogens with zero attached hydrogens (tertiary/aromatic N) is 2. The van der Waals surface area contributed by atoms with Gasteiger partial charge in [0.05, 0.1) is 5.60 Å². The molecule has 1 aliphatic heterocycles. The Balaban J connectivity index is 1.64. The zero-order chi connectivity index (χ0) is 26.9. The second kappa shape index (κ2) is 13.1. The summed E-state index contributed by atoms with van der Waals surface area (Å²) >= 11 is 0. The first-order chi connectivity index (χ1) is 17.7. The third-order valence-electron chi connectivity index (χ3n) is 7.46. The van der Waals surface area contributed by atoms with Crippen LogP contribution in [0, 0.1) is 11.3 Å². The molecule has 1 unspecified atom stereocenters. The third-order valence-corrected chi connectivity index (χ3v) is 7.46. The summed E-state index contributed by atoms with van der Waals surface area (Å²) < 4.78 is 11.4. The number of nitrogens with one attached hydrogen (secondary N) is 1. The van der Waals surface area contributed by atoms with E-state index < -0.39 is 5.54 Å². The Hall–Kier alpha value is -2.88. The Morgan fingerprint density at radius 3 is 2.43 bits per heavy atom. The van der Waals surface area contributed by atoms with Crippen LogP contribution in [0.3, 0.4) is 0 Å². The Labute approximate surface area is 222 Å². The highest BCUT2D eigenvalue weighted by Gasteiger charge is 2.26. The Morgan fingerprint density at radius 1 is 1.05 bits per heavy atom. The lowest BCUT2D eigenvalue weighted by Crippen LogP contribution is -2.45. The summed E-state index contributed by atoms with van der Waals surface area (Å²) in [5.41, 5.74) is 1.42. The SMILES string of the molecule is CCC(C)(CCOC)OCCC(C)(C)NC(=O)C(C#N)=Cc1ccc2cc(N3CCCCC3)ccc2c1. The van der Waals surface area contributed by atoms with E-state index in [4.69, 9.17) is 9.47 Å². The number of ether oxygens (including phenoxy) is 2. The van der Waals surface area contributed by atoms with Gasteiger partial charge in [0, 0.05) is 44.6 Å². The summed E-state index contributed by atoms with van der Waals surface area (Å²) in [6.45, 7) is 11.5. The van der Waals surface area contributed by atoms with Crippen molar-refractivity contribution in [3.63, 3.8) is 0 Å². The second-order valence-electron chi connectivity index (χ2n) is 11.0. The van der Waals surface area contributed by atoms with Crippen LogP contribution in [0.4, 0.5) is 5.69 Å². The van der Waals surface area contributed by atoms with E-state index in [1.54, 1.807) is 13.2 Å². The molecule has 0 aromatic heterocycles. The summed E-state index contributed by atoms with van der Waals surface area (Å²) in [7, 11) is 1.69. The fourth-order valence-electron chi connectivity index (χ4n) is 4.66. The number of amides is 1. The van der Waals surface area contributed by atoms with Gasteiger partial charge in [0.25, 0.3) is 5.91 Å². The van der Waals surface area contributed by atoms with Gasteiger partial charge in [-0.25, -0.2) is 0 Å². The average Bonchev–Trinajstić information content (AvgIpc) is 2.90. The Kier molecular flexibility index (Phi) is 10.1. The fraction of sp³-hybridized carbons (Fsp3) is 0.548. The fourth-order valence-corrected chi connectivity index (χ4v) is 4.66. The molecule has 1 saturated heterocycles. The van der Waals surface area contributed by atoms with Crippen LogP contribution in [0.2, 0.25) is 0 Å². The lowest BCUT2D eigenvalue weighted by atomic mass is 9.97. The average molecular weight is 506 g/mol. The molecule has 0 spiro atoms. The van der Waals surface area contributed by atoms with Crippen molar-refractivity contribution >= 4 is 28.4 Å². The predicted octanol–water partition coefficient (Wildman–Crippen LogP) is 6.24. The van der Waals surface area contributed by atoms with Crippen LogP contribution in [0.1, 0.15) is 71.8 Å². The van der Waals surface area contributed by atoms with Crippen LogP contribution in [-0.4, -0.2) is 50.5 Å². The van der Waals surface area contributed by atoms with E-state index in [2.05, 4.69) is 54.4 Å². The highest BCUT2D eigenvalue weighted by atomic mass is 16.5. The molecule has 0 saturated carbocycles. The van der Waals surface area contributed by atoms with Crippen LogP contribution in [0.5, 0.6) is 0 Å². The maximum absolute atomic E-state index is 13.0. The monoisotopic (exact) mass is 505 g/mol. The van der Waals surface area contributed by atoms with E-state index >= 15 is 0 Å². The smallest absolute Gasteiger partial charge is 0.262 e. The number of carbonyl (C=O) groups excluding carboxylic acids is 1. The van der Waals surface area contributed by atoms with Crippen LogP contribution in [0.15, 0.2) is 42.0 Å². The lowest BCUT2D eigenvalue weighted by Gasteiger charge is -2.32. The number of hydrogen-bond acceptors (Lipinski definition) is 5. The molecule has 200 valence electrons. The first-order valence-electron chi connectivity index (χ1n) is 13.5. The van der Waals surface area contributed by atoms with Crippen molar-refractivity contribution < 1.29 is 14.3 Å². The molecule has 1 N–H and O–H groups in total. The maximum atomic E-state index is 13.0. The van der Waals surface area contributed by atoms with Crippen molar-refractivity contribution in [2.75, 3.05) is 38.3 Å². The van der Waals surface area contributed by atoms with Gasteiger partial charge in [0.15, 0.2) is 0 Å². The number of nitriles is 1. The van der Waals surface area contributed by atoms with Gasteiger partial charge in [0.1, 0.15) is 11.6 Å². The van der Waals surface area contributed by atoms with E-state index in [0.29, 0.717) is 19.6 Å². The summed E-state index contributed by atoms with van der Waals surface area (Å²) in [4.78, 5) is 15.4. The van der Waals surface area contributed by atoms with Crippen molar-refractivity contribution in [3.05, 3.63) is 47.5 Å². The first kappa shape index (κ1) is 28.7. The molecule has 0 aliphatic carbocycles. The quantitative estimate of drug-likeness (QED) is 0.273. The van der Waals surface area contributed by atoms with Gasteiger partial charge >= 0.3 is 0 Å². The van der Waals surface area contributed by atoms with Gasteiger partial charge in [0.2, 0.25) is 0 Å². The van der Waals surface area contributed by atoms with Gasteiger partial charge in [-0.3, -0.25) is 4.79 Å². The molecule has 0 radical (unpaired) electrons. The highest BCUT2D eigenvalue weighted by molar-refractivity contribution is 6.02.